The van der Waals surface area contributed by atoms with E-state index in [0.717, 1.165) is 41.4 Å². The van der Waals surface area contributed by atoms with Crippen molar-refractivity contribution in [2.45, 2.75) is 136 Å². The molecule has 0 atom stereocenters. The molecule has 8 heteroatoms. The second kappa shape index (κ2) is 26.7. The molecule has 58 heavy (non-hydrogen) atoms. The van der Waals surface area contributed by atoms with Gasteiger partial charge in [0, 0.05) is 0 Å². The highest BCUT2D eigenvalue weighted by atomic mass is 19.2. The Balaban J connectivity index is 0.914. The first-order chi connectivity index (χ1) is 28.3. The van der Waals surface area contributed by atoms with Crippen molar-refractivity contribution in [3.05, 3.63) is 118 Å². The summed E-state index contributed by atoms with van der Waals surface area (Å²) < 4.78 is 79.2. The van der Waals surface area contributed by atoms with Crippen molar-refractivity contribution < 1.29 is 36.5 Å². The van der Waals surface area contributed by atoms with Crippen molar-refractivity contribution in [2.24, 2.45) is 5.92 Å². The lowest BCUT2D eigenvalue weighted by atomic mass is 9.96. The fraction of sp³-hybridized carbons (Fsp3) is 0.520. The average molecular weight is 807 g/mol. The molecular formula is C50H66F4O4. The van der Waals surface area contributed by atoms with Crippen LogP contribution in [-0.2, 0) is 25.7 Å². The molecular weight excluding hydrogens is 741 g/mol. The number of hydrogen-bond donors (Lipinski definition) is 0. The molecule has 318 valence electrons. The number of halogens is 4. The van der Waals surface area contributed by atoms with Crippen LogP contribution in [0.1, 0.15) is 133 Å². The fourth-order valence-electron chi connectivity index (χ4n) is 7.25. The highest BCUT2D eigenvalue weighted by Crippen LogP contribution is 2.26. The van der Waals surface area contributed by atoms with E-state index < -0.39 is 23.3 Å². The van der Waals surface area contributed by atoms with Crippen LogP contribution in [-0.4, -0.2) is 26.4 Å². The summed E-state index contributed by atoms with van der Waals surface area (Å²) in [7, 11) is 0. The first-order valence-electron chi connectivity index (χ1n) is 21.9. The van der Waals surface area contributed by atoms with Crippen LogP contribution < -0.4 is 18.9 Å². The lowest BCUT2D eigenvalue weighted by Crippen LogP contribution is -2.02. The van der Waals surface area contributed by atoms with Crippen LogP contribution in [0.4, 0.5) is 17.6 Å². The van der Waals surface area contributed by atoms with Crippen molar-refractivity contribution in [1.29, 1.82) is 0 Å². The minimum atomic E-state index is -0.915. The molecule has 0 heterocycles. The van der Waals surface area contributed by atoms with E-state index in [1.807, 2.05) is 48.5 Å². The summed E-state index contributed by atoms with van der Waals surface area (Å²) in [5.41, 5.74) is 2.82. The largest absolute Gasteiger partial charge is 0.494 e. The van der Waals surface area contributed by atoms with E-state index in [4.69, 9.17) is 18.9 Å². The standard InChI is InChI=1S/C50H66F4O4/c1-4-55-45-34-28-41(47(51)49(45)53)26-20-39-22-30-43(31-23-39)57-36-16-12-8-6-10-14-18-38(3)19-15-11-7-9-13-17-37-58-44-32-24-40(25-33-44)21-27-42-29-35-46(56-5-2)50(54)48(42)52/h22-25,28-35,38H,4-21,26-27,36-37H2,1-3H3. The number of rotatable bonds is 30. The van der Waals surface area contributed by atoms with Gasteiger partial charge in [0.2, 0.25) is 11.6 Å². The summed E-state index contributed by atoms with van der Waals surface area (Å²) in [5.74, 6) is -1.08. The van der Waals surface area contributed by atoms with Crippen LogP contribution in [0, 0.1) is 29.2 Å². The van der Waals surface area contributed by atoms with E-state index in [2.05, 4.69) is 6.92 Å². The van der Waals surface area contributed by atoms with Gasteiger partial charge in [-0.15, -0.1) is 0 Å². The molecule has 0 spiro atoms. The van der Waals surface area contributed by atoms with Gasteiger partial charge >= 0.3 is 0 Å². The van der Waals surface area contributed by atoms with Crippen molar-refractivity contribution in [3.8, 4) is 23.0 Å². The molecule has 0 unspecified atom stereocenters. The molecule has 0 N–H and O–H groups in total. The summed E-state index contributed by atoms with van der Waals surface area (Å²) in [6.07, 6.45) is 19.5. The molecule has 0 aromatic heterocycles. The van der Waals surface area contributed by atoms with E-state index in [-0.39, 0.29) is 11.5 Å². The van der Waals surface area contributed by atoms with Crippen LogP contribution in [0.5, 0.6) is 23.0 Å². The van der Waals surface area contributed by atoms with Gasteiger partial charge < -0.3 is 18.9 Å². The zero-order valence-electron chi connectivity index (χ0n) is 35.2. The van der Waals surface area contributed by atoms with Gasteiger partial charge in [0.25, 0.3) is 0 Å². The molecule has 0 saturated carbocycles. The lowest BCUT2D eigenvalue weighted by Gasteiger charge is -2.11. The Labute approximate surface area is 345 Å². The minimum Gasteiger partial charge on any atom is -0.494 e. The fourth-order valence-corrected chi connectivity index (χ4v) is 7.25. The van der Waals surface area contributed by atoms with Crippen molar-refractivity contribution in [2.75, 3.05) is 26.4 Å². The van der Waals surface area contributed by atoms with E-state index >= 15 is 0 Å². The van der Waals surface area contributed by atoms with Crippen LogP contribution in [0.2, 0.25) is 0 Å². The number of aryl methyl sites for hydroxylation is 4. The highest BCUT2D eigenvalue weighted by molar-refractivity contribution is 5.34. The monoisotopic (exact) mass is 806 g/mol. The van der Waals surface area contributed by atoms with Crippen LogP contribution in [0.3, 0.4) is 0 Å². The Kier molecular flexibility index (Phi) is 21.4. The summed E-state index contributed by atoms with van der Waals surface area (Å²) in [4.78, 5) is 0. The van der Waals surface area contributed by atoms with Gasteiger partial charge in [-0.05, 0) is 117 Å². The first-order valence-corrected chi connectivity index (χ1v) is 21.9. The maximum absolute atomic E-state index is 14.4. The minimum absolute atomic E-state index is 0.0416. The van der Waals surface area contributed by atoms with Crippen molar-refractivity contribution in [3.63, 3.8) is 0 Å². The Morgan fingerprint density at radius 3 is 1.14 bits per heavy atom. The Hall–Kier alpha value is -4.20. The average Bonchev–Trinajstić information content (AvgIpc) is 3.23. The molecule has 0 amide bonds. The molecule has 4 nitrogen and oxygen atoms in total. The van der Waals surface area contributed by atoms with Crippen molar-refractivity contribution in [1.82, 2.24) is 0 Å². The molecule has 4 rings (SSSR count). The Morgan fingerprint density at radius 2 is 0.759 bits per heavy atom. The molecule has 0 saturated heterocycles. The van der Waals surface area contributed by atoms with Crippen LogP contribution in [0.25, 0.3) is 0 Å². The van der Waals surface area contributed by atoms with E-state index in [9.17, 15) is 17.6 Å². The molecule has 4 aromatic carbocycles. The van der Waals surface area contributed by atoms with E-state index in [0.29, 0.717) is 63.2 Å². The number of unbranched alkanes of at least 4 members (excludes halogenated alkanes) is 10. The van der Waals surface area contributed by atoms with E-state index in [1.54, 1.807) is 26.0 Å². The maximum atomic E-state index is 14.4. The van der Waals surface area contributed by atoms with Crippen molar-refractivity contribution >= 4 is 0 Å². The van der Waals surface area contributed by atoms with Gasteiger partial charge in [-0.3, -0.25) is 0 Å². The first kappa shape index (κ1) is 46.5. The summed E-state index contributed by atoms with van der Waals surface area (Å²) in [5, 5.41) is 0. The molecule has 4 aromatic rings. The quantitative estimate of drug-likeness (QED) is 0.0388. The SMILES string of the molecule is CCOc1ccc(CCc2ccc(OCCCCCCCCC(C)CCCCCCCCOc3ccc(CCc4ccc(OCC)c(F)c4F)cc3)cc2)c(F)c1F. The molecule has 0 radical (unpaired) electrons. The van der Waals surface area contributed by atoms with Crippen LogP contribution >= 0.6 is 0 Å². The molecule has 0 fully saturated rings. The van der Waals surface area contributed by atoms with Crippen LogP contribution in [0.15, 0.2) is 72.8 Å². The zero-order valence-corrected chi connectivity index (χ0v) is 35.2. The Bertz CT molecular complexity index is 1600. The lowest BCUT2D eigenvalue weighted by molar-refractivity contribution is 0.304. The second-order valence-corrected chi connectivity index (χ2v) is 15.5. The normalized spacial score (nSPS) is 11.3. The van der Waals surface area contributed by atoms with Gasteiger partial charge in [-0.1, -0.05) is 120 Å². The Morgan fingerprint density at radius 1 is 0.397 bits per heavy atom. The number of ether oxygens (including phenoxy) is 4. The number of hydrogen-bond acceptors (Lipinski definition) is 4. The van der Waals surface area contributed by atoms with Gasteiger partial charge in [-0.2, -0.15) is 8.78 Å². The van der Waals surface area contributed by atoms with Gasteiger partial charge in [0.1, 0.15) is 11.5 Å². The third-order valence-electron chi connectivity index (χ3n) is 10.8. The molecule has 0 aliphatic heterocycles. The molecule has 0 aliphatic rings. The summed E-state index contributed by atoms with van der Waals surface area (Å²) >= 11 is 0. The van der Waals surface area contributed by atoms with Gasteiger partial charge in [0.15, 0.2) is 23.1 Å². The molecule has 0 aliphatic carbocycles. The summed E-state index contributed by atoms with van der Waals surface area (Å²) in [6, 6.07) is 22.0. The van der Waals surface area contributed by atoms with Gasteiger partial charge in [0.05, 0.1) is 26.4 Å². The third kappa shape index (κ3) is 16.6. The summed E-state index contributed by atoms with van der Waals surface area (Å²) in [6.45, 7) is 7.90. The zero-order chi connectivity index (χ0) is 41.4. The predicted octanol–water partition coefficient (Wildman–Crippen LogP) is 14.2. The third-order valence-corrected chi connectivity index (χ3v) is 10.8. The maximum Gasteiger partial charge on any atom is 0.200 e. The highest BCUT2D eigenvalue weighted by Gasteiger charge is 2.16. The molecule has 0 bridgehead atoms. The second-order valence-electron chi connectivity index (χ2n) is 15.5. The smallest absolute Gasteiger partial charge is 0.200 e. The van der Waals surface area contributed by atoms with E-state index in [1.165, 1.54) is 89.2 Å². The topological polar surface area (TPSA) is 36.9 Å². The predicted molar refractivity (Wildman–Crippen MR) is 228 cm³/mol. The van der Waals surface area contributed by atoms with Gasteiger partial charge in [-0.25, -0.2) is 8.78 Å². The number of benzene rings is 4.